The lowest BCUT2D eigenvalue weighted by Gasteiger charge is -2.35. The van der Waals surface area contributed by atoms with Crippen LogP contribution in [0, 0.1) is 17.3 Å². The molecule has 2 aromatic rings. The fourth-order valence-corrected chi connectivity index (χ4v) is 7.78. The molecule has 6 rings (SSSR count). The van der Waals surface area contributed by atoms with Crippen LogP contribution < -0.4 is 20.7 Å². The van der Waals surface area contributed by atoms with Crippen LogP contribution in [0.1, 0.15) is 76.3 Å². The van der Waals surface area contributed by atoms with Crippen LogP contribution in [0.3, 0.4) is 0 Å². The Hall–Kier alpha value is -4.20. The number of sulfonamides is 1. The number of carbonyl (C=O) groups excluding carboxylic acids is 5. The molecule has 5 atom stereocenters. The van der Waals surface area contributed by atoms with Crippen molar-refractivity contribution >= 4 is 50.5 Å². The molecule has 3 aliphatic carbocycles. The van der Waals surface area contributed by atoms with E-state index in [1.165, 1.54) is 11.0 Å². The van der Waals surface area contributed by atoms with Gasteiger partial charge < -0.3 is 25.3 Å². The zero-order chi connectivity index (χ0) is 34.6. The first-order valence-electron chi connectivity index (χ1n) is 16.5. The molecule has 0 spiro atoms. The van der Waals surface area contributed by atoms with Gasteiger partial charge in [0.1, 0.15) is 23.2 Å². The number of likely N-dealkylation sites (tertiary alicyclic amines) is 1. The molecule has 0 bridgehead atoms. The van der Waals surface area contributed by atoms with E-state index in [1.807, 2.05) is 32.9 Å². The number of benzene rings is 1. The van der Waals surface area contributed by atoms with Crippen LogP contribution in [0.5, 0.6) is 0 Å². The second-order valence-electron chi connectivity index (χ2n) is 14.8. The van der Waals surface area contributed by atoms with Crippen molar-refractivity contribution in [2.45, 2.75) is 94.6 Å². The van der Waals surface area contributed by atoms with Gasteiger partial charge in [0.25, 0.3) is 11.8 Å². The van der Waals surface area contributed by atoms with Gasteiger partial charge in [0.2, 0.25) is 27.7 Å². The molecule has 1 aliphatic heterocycles. The largest absolute Gasteiger partial charge is 0.451 e. The van der Waals surface area contributed by atoms with Crippen LogP contribution in [-0.4, -0.2) is 78.3 Å². The number of hydrogen-bond acceptors (Lipinski definition) is 8. The molecule has 13 nitrogen and oxygen atoms in total. The molecule has 4 aliphatic rings. The second kappa shape index (κ2) is 12.4. The molecular weight excluding hydrogens is 638 g/mol. The lowest BCUT2D eigenvalue weighted by Crippen LogP contribution is -2.60. The van der Waals surface area contributed by atoms with Gasteiger partial charge in [0, 0.05) is 30.3 Å². The summed E-state index contributed by atoms with van der Waals surface area (Å²) in [5.41, 5.74) is -1.74. The molecule has 4 N–H and O–H groups in total. The van der Waals surface area contributed by atoms with Gasteiger partial charge in [-0.05, 0) is 62.0 Å². The predicted molar refractivity (Wildman–Crippen MR) is 176 cm³/mol. The number of nitrogens with zero attached hydrogens (tertiary/aromatic N) is 1. The Morgan fingerprint density at radius 2 is 1.81 bits per heavy atom. The standard InChI is InChI=1S/C34H43N5O8S/c1-5-21-17-34(21,32(44)38-48(45,46)23-12-13-23)37-29(41)24-16-22(35-30(42)26-15-20-8-6-7-9-25(20)47-26)18-39(24)31(43)28(33(2,3)4)36-27(40)14-19-10-11-19/h5-9,15,19,21-24,28H,1,10-14,16-18H2,2-4H3,(H,35,42)(H,36,40)(H,37,41)(H,38,44)/t21?,22-,24+,28-,34?/m1/s1. The number of para-hydroxylation sites is 1. The topological polar surface area (TPSA) is 184 Å². The summed E-state index contributed by atoms with van der Waals surface area (Å²) < 4.78 is 33.0. The van der Waals surface area contributed by atoms with E-state index < -0.39 is 73.9 Å². The predicted octanol–water partition coefficient (Wildman–Crippen LogP) is 2.13. The maximum Gasteiger partial charge on any atom is 0.287 e. The van der Waals surface area contributed by atoms with Crippen molar-refractivity contribution in [3.05, 3.63) is 48.7 Å². The van der Waals surface area contributed by atoms with E-state index in [1.54, 1.807) is 18.2 Å². The number of rotatable bonds is 12. The van der Waals surface area contributed by atoms with E-state index >= 15 is 0 Å². The van der Waals surface area contributed by atoms with Gasteiger partial charge in [-0.2, -0.15) is 0 Å². The summed E-state index contributed by atoms with van der Waals surface area (Å²) in [7, 11) is -3.89. The molecule has 1 aromatic heterocycles. The van der Waals surface area contributed by atoms with Crippen LogP contribution >= 0.6 is 0 Å². The van der Waals surface area contributed by atoms with Crippen molar-refractivity contribution in [3.8, 4) is 0 Å². The zero-order valence-electron chi connectivity index (χ0n) is 27.4. The number of hydrogen-bond donors (Lipinski definition) is 4. The first-order valence-corrected chi connectivity index (χ1v) is 18.1. The molecule has 5 amide bonds. The molecule has 3 saturated carbocycles. The summed E-state index contributed by atoms with van der Waals surface area (Å²) in [5, 5.41) is 8.63. The van der Waals surface area contributed by atoms with E-state index in [-0.39, 0.29) is 31.1 Å². The number of amides is 5. The zero-order valence-corrected chi connectivity index (χ0v) is 28.2. The summed E-state index contributed by atoms with van der Waals surface area (Å²) in [6.07, 6.45) is 4.79. The van der Waals surface area contributed by atoms with E-state index in [0.717, 1.165) is 18.2 Å². The fraction of sp³-hybridized carbons (Fsp3) is 0.559. The van der Waals surface area contributed by atoms with E-state index in [0.29, 0.717) is 30.8 Å². The molecule has 48 heavy (non-hydrogen) atoms. The van der Waals surface area contributed by atoms with E-state index in [9.17, 15) is 32.4 Å². The number of carbonyl (C=O) groups is 5. The van der Waals surface area contributed by atoms with Gasteiger partial charge in [-0.15, -0.1) is 6.58 Å². The molecule has 0 radical (unpaired) electrons. The van der Waals surface area contributed by atoms with Crippen molar-refractivity contribution < 1.29 is 36.8 Å². The minimum atomic E-state index is -3.89. The van der Waals surface area contributed by atoms with Gasteiger partial charge in [0.15, 0.2) is 5.76 Å². The Kier molecular flexibility index (Phi) is 8.67. The summed E-state index contributed by atoms with van der Waals surface area (Å²) in [6, 6.07) is 5.97. The van der Waals surface area contributed by atoms with Crippen molar-refractivity contribution in [1.29, 1.82) is 0 Å². The highest BCUT2D eigenvalue weighted by Gasteiger charge is 2.62. The molecular formula is C34H43N5O8S. The average molecular weight is 682 g/mol. The fourth-order valence-electron chi connectivity index (χ4n) is 6.42. The van der Waals surface area contributed by atoms with Crippen molar-refractivity contribution in [2.24, 2.45) is 17.3 Å². The number of furan rings is 1. The van der Waals surface area contributed by atoms with Crippen LogP contribution in [0.4, 0.5) is 0 Å². The highest BCUT2D eigenvalue weighted by molar-refractivity contribution is 7.91. The monoisotopic (exact) mass is 681 g/mol. The van der Waals surface area contributed by atoms with Crippen LogP contribution in [-0.2, 0) is 29.2 Å². The highest BCUT2D eigenvalue weighted by atomic mass is 32.2. The Labute approximate surface area is 279 Å². The number of nitrogens with one attached hydrogen (secondary N) is 4. The lowest BCUT2D eigenvalue weighted by atomic mass is 9.85. The Morgan fingerprint density at radius 3 is 2.42 bits per heavy atom. The van der Waals surface area contributed by atoms with Gasteiger partial charge in [-0.1, -0.05) is 45.0 Å². The number of fused-ring (bicyclic) bond motifs is 1. The Bertz CT molecular complexity index is 1740. The van der Waals surface area contributed by atoms with E-state index in [4.69, 9.17) is 4.42 Å². The van der Waals surface area contributed by atoms with E-state index in [2.05, 4.69) is 27.3 Å². The molecule has 1 aromatic carbocycles. The Balaban J connectivity index is 1.24. The normalized spacial score (nSPS) is 26.0. The summed E-state index contributed by atoms with van der Waals surface area (Å²) in [5.74, 6) is -2.95. The molecule has 2 unspecified atom stereocenters. The van der Waals surface area contributed by atoms with Crippen molar-refractivity contribution in [1.82, 2.24) is 25.6 Å². The summed E-state index contributed by atoms with van der Waals surface area (Å²) >= 11 is 0. The van der Waals surface area contributed by atoms with Gasteiger partial charge in [-0.25, -0.2) is 8.42 Å². The van der Waals surface area contributed by atoms with Gasteiger partial charge >= 0.3 is 0 Å². The maximum atomic E-state index is 14.3. The second-order valence-corrected chi connectivity index (χ2v) is 16.7. The third-order valence-electron chi connectivity index (χ3n) is 9.71. The molecule has 1 saturated heterocycles. The third kappa shape index (κ3) is 6.99. The molecule has 2 heterocycles. The maximum absolute atomic E-state index is 14.3. The van der Waals surface area contributed by atoms with Crippen molar-refractivity contribution in [3.63, 3.8) is 0 Å². The van der Waals surface area contributed by atoms with Crippen LogP contribution in [0.2, 0.25) is 0 Å². The Morgan fingerprint density at radius 1 is 1.10 bits per heavy atom. The quantitative estimate of drug-likeness (QED) is 0.246. The van der Waals surface area contributed by atoms with Crippen LogP contribution in [0.25, 0.3) is 11.0 Å². The molecule has 4 fully saturated rings. The SMILES string of the molecule is C=CC1CC1(NC(=O)[C@@H]1C[C@@H](NC(=O)c2cc3ccccc3o2)CN1C(=O)[C@@H](NC(=O)CC1CC1)C(C)(C)C)C(=O)NS(=O)(=O)C1CC1. The first-order chi connectivity index (χ1) is 22.6. The summed E-state index contributed by atoms with van der Waals surface area (Å²) in [6.45, 7) is 9.15. The van der Waals surface area contributed by atoms with Gasteiger partial charge in [-0.3, -0.25) is 28.7 Å². The minimum absolute atomic E-state index is 0.00720. The smallest absolute Gasteiger partial charge is 0.287 e. The minimum Gasteiger partial charge on any atom is -0.451 e. The van der Waals surface area contributed by atoms with Crippen LogP contribution in [0.15, 0.2) is 47.4 Å². The first kappa shape index (κ1) is 33.7. The molecule has 14 heteroatoms. The van der Waals surface area contributed by atoms with Crippen molar-refractivity contribution in [2.75, 3.05) is 6.54 Å². The summed E-state index contributed by atoms with van der Waals surface area (Å²) in [4.78, 5) is 69.2. The highest BCUT2D eigenvalue weighted by Crippen LogP contribution is 2.45. The van der Waals surface area contributed by atoms with Gasteiger partial charge in [0.05, 0.1) is 5.25 Å². The average Bonchev–Trinajstić information content (AvgIpc) is 3.96. The molecule has 258 valence electrons. The lowest BCUT2D eigenvalue weighted by molar-refractivity contribution is -0.144. The third-order valence-corrected chi connectivity index (χ3v) is 11.5.